The fourth-order valence-corrected chi connectivity index (χ4v) is 1.54. The van der Waals surface area contributed by atoms with E-state index in [0.717, 1.165) is 12.1 Å². The van der Waals surface area contributed by atoms with Crippen LogP contribution in [0.3, 0.4) is 0 Å². The molecule has 0 aliphatic carbocycles. The number of carbonyl (C=O) groups is 1. The Balaban J connectivity index is 2.26. The van der Waals surface area contributed by atoms with Gasteiger partial charge in [-0.3, -0.25) is 4.79 Å². The number of nitrogens with two attached hydrogens (primary N) is 1. The van der Waals surface area contributed by atoms with Crippen molar-refractivity contribution >= 4 is 5.91 Å². The van der Waals surface area contributed by atoms with Gasteiger partial charge in [0, 0.05) is 5.56 Å². The van der Waals surface area contributed by atoms with Crippen LogP contribution in [0, 0.1) is 5.82 Å². The molecule has 0 saturated carbocycles. The highest BCUT2D eigenvalue weighted by atomic mass is 19.3. The van der Waals surface area contributed by atoms with E-state index in [1.807, 2.05) is 0 Å². The Morgan fingerprint density at radius 3 is 2.30 bits per heavy atom. The minimum Gasteiger partial charge on any atom is -0.457 e. The molecule has 0 heterocycles. The molecular formula is C14H10F3NO2. The lowest BCUT2D eigenvalue weighted by molar-refractivity contribution is -0.143. The minimum atomic E-state index is -3.78. The van der Waals surface area contributed by atoms with Crippen LogP contribution in [0.25, 0.3) is 0 Å². The molecule has 2 aromatic carbocycles. The van der Waals surface area contributed by atoms with Gasteiger partial charge in [0.2, 0.25) is 0 Å². The molecule has 0 saturated heterocycles. The summed E-state index contributed by atoms with van der Waals surface area (Å²) >= 11 is 0. The second-order valence-electron chi connectivity index (χ2n) is 4.02. The van der Waals surface area contributed by atoms with E-state index in [-0.39, 0.29) is 11.5 Å². The normalized spacial score (nSPS) is 11.2. The lowest BCUT2D eigenvalue weighted by Crippen LogP contribution is -2.32. The van der Waals surface area contributed by atoms with Gasteiger partial charge in [-0.25, -0.2) is 4.39 Å². The van der Waals surface area contributed by atoms with Gasteiger partial charge in [-0.05, 0) is 36.4 Å². The van der Waals surface area contributed by atoms with Crippen molar-refractivity contribution < 1.29 is 22.7 Å². The molecule has 0 spiro atoms. The number of hydrogen-bond acceptors (Lipinski definition) is 2. The van der Waals surface area contributed by atoms with Gasteiger partial charge in [-0.1, -0.05) is 12.1 Å². The van der Waals surface area contributed by atoms with E-state index in [1.54, 1.807) is 0 Å². The second-order valence-corrected chi connectivity index (χ2v) is 4.02. The quantitative estimate of drug-likeness (QED) is 0.935. The number of benzene rings is 2. The molecule has 104 valence electrons. The summed E-state index contributed by atoms with van der Waals surface area (Å²) < 4.78 is 45.0. The summed E-state index contributed by atoms with van der Waals surface area (Å²) in [5.74, 6) is -5.58. The molecular weight excluding hydrogens is 271 g/mol. The Hall–Kier alpha value is -2.50. The Kier molecular flexibility index (Phi) is 3.65. The molecule has 0 aliphatic heterocycles. The van der Waals surface area contributed by atoms with Crippen LogP contribution in [0.2, 0.25) is 0 Å². The van der Waals surface area contributed by atoms with Crippen LogP contribution in [0.5, 0.6) is 11.5 Å². The molecule has 0 atom stereocenters. The number of rotatable bonds is 4. The monoisotopic (exact) mass is 281 g/mol. The van der Waals surface area contributed by atoms with Crippen molar-refractivity contribution in [3.05, 3.63) is 59.9 Å². The third-order valence-corrected chi connectivity index (χ3v) is 2.56. The van der Waals surface area contributed by atoms with Gasteiger partial charge in [-0.15, -0.1) is 0 Å². The molecule has 0 aromatic heterocycles. The van der Waals surface area contributed by atoms with Crippen LogP contribution in [0.1, 0.15) is 5.56 Å². The summed E-state index contributed by atoms with van der Waals surface area (Å²) in [6, 6.07) is 9.89. The lowest BCUT2D eigenvalue weighted by Gasteiger charge is -2.14. The van der Waals surface area contributed by atoms with E-state index in [0.29, 0.717) is 0 Å². The Morgan fingerprint density at radius 2 is 1.70 bits per heavy atom. The van der Waals surface area contributed by atoms with Gasteiger partial charge in [-0.2, -0.15) is 8.78 Å². The fraction of sp³-hybridized carbons (Fsp3) is 0.0714. The maximum absolute atomic E-state index is 13.5. The second kappa shape index (κ2) is 5.24. The molecule has 20 heavy (non-hydrogen) atoms. The van der Waals surface area contributed by atoms with E-state index in [2.05, 4.69) is 5.73 Å². The van der Waals surface area contributed by atoms with Gasteiger partial charge < -0.3 is 10.5 Å². The van der Waals surface area contributed by atoms with Crippen molar-refractivity contribution in [3.8, 4) is 11.5 Å². The number of primary amides is 1. The molecule has 0 bridgehead atoms. The predicted octanol–water partition coefficient (Wildman–Crippen LogP) is 3.20. The average molecular weight is 281 g/mol. The van der Waals surface area contributed by atoms with Crippen LogP contribution in [0.15, 0.2) is 48.5 Å². The van der Waals surface area contributed by atoms with Crippen LogP contribution < -0.4 is 10.5 Å². The van der Waals surface area contributed by atoms with Crippen LogP contribution in [0.4, 0.5) is 13.2 Å². The van der Waals surface area contributed by atoms with Crippen LogP contribution in [-0.4, -0.2) is 5.91 Å². The number of hydrogen-bond donors (Lipinski definition) is 1. The average Bonchev–Trinajstić information content (AvgIpc) is 2.41. The highest BCUT2D eigenvalue weighted by Crippen LogP contribution is 2.31. The van der Waals surface area contributed by atoms with E-state index in [9.17, 15) is 18.0 Å². The number of alkyl halides is 2. The molecule has 0 aliphatic rings. The van der Waals surface area contributed by atoms with Gasteiger partial charge in [0.1, 0.15) is 17.3 Å². The van der Waals surface area contributed by atoms with Gasteiger partial charge in [0.25, 0.3) is 5.91 Å². The van der Waals surface area contributed by atoms with E-state index in [4.69, 9.17) is 4.74 Å². The molecule has 3 nitrogen and oxygen atoms in total. The zero-order valence-corrected chi connectivity index (χ0v) is 10.1. The number of carbonyl (C=O) groups excluding carboxylic acids is 1. The standard InChI is InChI=1S/C14H10F3NO2/c15-10-4-6-11(7-5-10)20-12-3-1-2-9(8-12)14(16,17)13(18)19/h1-8H,(H2,18,19). The molecule has 0 fully saturated rings. The summed E-state index contributed by atoms with van der Waals surface area (Å²) in [6.07, 6.45) is 0. The molecule has 2 N–H and O–H groups in total. The molecule has 6 heteroatoms. The maximum atomic E-state index is 13.5. The highest BCUT2D eigenvalue weighted by molar-refractivity contribution is 5.83. The Labute approximate surface area is 112 Å². The predicted molar refractivity (Wildman–Crippen MR) is 66.0 cm³/mol. The molecule has 1 amide bonds. The van der Waals surface area contributed by atoms with Crippen molar-refractivity contribution in [2.45, 2.75) is 5.92 Å². The summed E-state index contributed by atoms with van der Waals surface area (Å²) in [6.45, 7) is 0. The van der Waals surface area contributed by atoms with Crippen molar-refractivity contribution in [3.63, 3.8) is 0 Å². The first kappa shape index (κ1) is 13.9. The smallest absolute Gasteiger partial charge is 0.349 e. The van der Waals surface area contributed by atoms with Gasteiger partial charge in [0.05, 0.1) is 0 Å². The third-order valence-electron chi connectivity index (χ3n) is 2.56. The molecule has 2 aromatic rings. The first-order valence-corrected chi connectivity index (χ1v) is 5.61. The van der Waals surface area contributed by atoms with E-state index >= 15 is 0 Å². The zero-order chi connectivity index (χ0) is 14.8. The topological polar surface area (TPSA) is 52.3 Å². The zero-order valence-electron chi connectivity index (χ0n) is 10.1. The fourth-order valence-electron chi connectivity index (χ4n) is 1.54. The number of ether oxygens (including phenoxy) is 1. The Morgan fingerprint density at radius 1 is 1.05 bits per heavy atom. The largest absolute Gasteiger partial charge is 0.457 e. The summed E-state index contributed by atoms with van der Waals surface area (Å²) in [7, 11) is 0. The van der Waals surface area contributed by atoms with E-state index < -0.39 is 23.2 Å². The maximum Gasteiger partial charge on any atom is 0.349 e. The van der Waals surface area contributed by atoms with Crippen LogP contribution >= 0.6 is 0 Å². The first-order valence-electron chi connectivity index (χ1n) is 5.61. The number of amides is 1. The molecule has 0 unspecified atom stereocenters. The van der Waals surface area contributed by atoms with E-state index in [1.165, 1.54) is 36.4 Å². The van der Waals surface area contributed by atoms with Crippen molar-refractivity contribution in [1.29, 1.82) is 0 Å². The SMILES string of the molecule is NC(=O)C(F)(F)c1cccc(Oc2ccc(F)cc2)c1. The van der Waals surface area contributed by atoms with Crippen molar-refractivity contribution in [1.82, 2.24) is 0 Å². The first-order chi connectivity index (χ1) is 9.39. The third kappa shape index (κ3) is 2.90. The van der Waals surface area contributed by atoms with Crippen molar-refractivity contribution in [2.75, 3.05) is 0 Å². The minimum absolute atomic E-state index is 0.0926. The number of halogens is 3. The van der Waals surface area contributed by atoms with Crippen molar-refractivity contribution in [2.24, 2.45) is 5.73 Å². The summed E-state index contributed by atoms with van der Waals surface area (Å²) in [5.41, 5.74) is 4.08. The van der Waals surface area contributed by atoms with Gasteiger partial charge >= 0.3 is 5.92 Å². The highest BCUT2D eigenvalue weighted by Gasteiger charge is 2.38. The van der Waals surface area contributed by atoms with Crippen LogP contribution in [-0.2, 0) is 10.7 Å². The van der Waals surface area contributed by atoms with Gasteiger partial charge in [0.15, 0.2) is 0 Å². The summed E-state index contributed by atoms with van der Waals surface area (Å²) in [4.78, 5) is 10.7. The lowest BCUT2D eigenvalue weighted by atomic mass is 10.1. The Bertz CT molecular complexity index is 627. The molecule has 0 radical (unpaired) electrons. The molecule has 2 rings (SSSR count). The summed E-state index contributed by atoms with van der Waals surface area (Å²) in [5, 5.41) is 0.